The van der Waals surface area contributed by atoms with Crippen molar-refractivity contribution in [2.75, 3.05) is 7.11 Å². The standard InChI is InChI=1S/C8H19ClOSi/c1-4-5-6-7-8-11(3,9)10-2/h4-8H2,1-3H3. The Morgan fingerprint density at radius 2 is 1.91 bits per heavy atom. The van der Waals surface area contributed by atoms with E-state index in [2.05, 4.69) is 13.5 Å². The van der Waals surface area contributed by atoms with Gasteiger partial charge in [0.2, 0.25) is 0 Å². The molecule has 0 spiro atoms. The van der Waals surface area contributed by atoms with Crippen LogP contribution >= 0.6 is 11.1 Å². The molecule has 0 aromatic carbocycles. The number of hydrogen-bond donors (Lipinski definition) is 0. The van der Waals surface area contributed by atoms with E-state index in [1.807, 2.05) is 0 Å². The highest BCUT2D eigenvalue weighted by atomic mass is 35.6. The van der Waals surface area contributed by atoms with Gasteiger partial charge in [-0.2, -0.15) is 0 Å². The van der Waals surface area contributed by atoms with E-state index in [1.165, 1.54) is 25.7 Å². The molecule has 11 heavy (non-hydrogen) atoms. The van der Waals surface area contributed by atoms with E-state index in [1.54, 1.807) is 7.11 Å². The SMILES string of the molecule is CCCCCC[Si](C)(Cl)OC. The number of unbranched alkanes of at least 4 members (excludes halogenated alkanes) is 3. The van der Waals surface area contributed by atoms with Gasteiger partial charge in [0.05, 0.1) is 0 Å². The zero-order valence-electron chi connectivity index (χ0n) is 7.82. The van der Waals surface area contributed by atoms with Crippen molar-refractivity contribution in [1.82, 2.24) is 0 Å². The molecule has 0 aromatic heterocycles. The molecule has 0 amide bonds. The van der Waals surface area contributed by atoms with Crippen LogP contribution in [0, 0.1) is 0 Å². The minimum atomic E-state index is -1.76. The first kappa shape index (κ1) is 11.5. The van der Waals surface area contributed by atoms with Gasteiger partial charge in [-0.25, -0.2) is 0 Å². The van der Waals surface area contributed by atoms with Gasteiger partial charge in [0.1, 0.15) is 0 Å². The molecular formula is C8H19ClOSi. The number of rotatable bonds is 6. The van der Waals surface area contributed by atoms with Crippen LogP contribution in [0.4, 0.5) is 0 Å². The topological polar surface area (TPSA) is 9.23 Å². The maximum Gasteiger partial charge on any atom is 0.286 e. The van der Waals surface area contributed by atoms with E-state index in [9.17, 15) is 0 Å². The third kappa shape index (κ3) is 6.85. The molecule has 0 radical (unpaired) electrons. The van der Waals surface area contributed by atoms with Crippen molar-refractivity contribution in [3.8, 4) is 0 Å². The second kappa shape index (κ2) is 6.04. The fourth-order valence-corrected chi connectivity index (χ4v) is 2.46. The average Bonchev–Trinajstić information content (AvgIpc) is 1.99. The molecule has 0 aliphatic rings. The third-order valence-corrected chi connectivity index (χ3v) is 5.03. The van der Waals surface area contributed by atoms with Crippen molar-refractivity contribution < 1.29 is 4.43 Å². The highest BCUT2D eigenvalue weighted by Gasteiger charge is 2.23. The van der Waals surface area contributed by atoms with Gasteiger partial charge < -0.3 is 4.43 Å². The predicted molar refractivity (Wildman–Crippen MR) is 53.4 cm³/mol. The minimum absolute atomic E-state index is 1.09. The molecule has 0 saturated heterocycles. The molecule has 1 unspecified atom stereocenters. The minimum Gasteiger partial charge on any atom is -0.407 e. The van der Waals surface area contributed by atoms with Crippen molar-refractivity contribution in [3.05, 3.63) is 0 Å². The lowest BCUT2D eigenvalue weighted by atomic mass is 10.2. The molecule has 3 heteroatoms. The van der Waals surface area contributed by atoms with E-state index in [0.29, 0.717) is 0 Å². The molecular weight excluding hydrogens is 176 g/mol. The van der Waals surface area contributed by atoms with Crippen molar-refractivity contribution in [3.63, 3.8) is 0 Å². The van der Waals surface area contributed by atoms with Gasteiger partial charge in [0, 0.05) is 7.11 Å². The van der Waals surface area contributed by atoms with E-state index < -0.39 is 7.63 Å². The second-order valence-corrected chi connectivity index (χ2v) is 8.63. The Balaban J connectivity index is 3.23. The Kier molecular flexibility index (Phi) is 6.29. The second-order valence-electron chi connectivity index (χ2n) is 3.12. The van der Waals surface area contributed by atoms with Crippen molar-refractivity contribution in [2.45, 2.75) is 45.2 Å². The highest BCUT2D eigenvalue weighted by molar-refractivity contribution is 7.16. The molecule has 0 aromatic rings. The van der Waals surface area contributed by atoms with Crippen LogP contribution in [-0.4, -0.2) is 14.7 Å². The maximum atomic E-state index is 6.12. The van der Waals surface area contributed by atoms with Crippen molar-refractivity contribution in [1.29, 1.82) is 0 Å². The molecule has 0 aliphatic heterocycles. The first-order valence-corrected chi connectivity index (χ1v) is 7.99. The van der Waals surface area contributed by atoms with Crippen LogP contribution in [0.5, 0.6) is 0 Å². The summed E-state index contributed by atoms with van der Waals surface area (Å²) in [6, 6.07) is 1.09. The summed E-state index contributed by atoms with van der Waals surface area (Å²) in [5.41, 5.74) is 0. The summed E-state index contributed by atoms with van der Waals surface area (Å²) in [7, 11) is -0.0338. The van der Waals surface area contributed by atoms with Crippen LogP contribution in [0.25, 0.3) is 0 Å². The smallest absolute Gasteiger partial charge is 0.286 e. The average molecular weight is 195 g/mol. The Hall–Kier alpha value is 0.467. The Morgan fingerprint density at radius 3 is 2.36 bits per heavy atom. The molecule has 1 nitrogen and oxygen atoms in total. The molecule has 0 saturated carbocycles. The first-order chi connectivity index (χ1) is 5.12. The van der Waals surface area contributed by atoms with Crippen LogP contribution in [-0.2, 0) is 4.43 Å². The normalized spacial score (nSPS) is 16.4. The molecule has 68 valence electrons. The predicted octanol–water partition coefficient (Wildman–Crippen LogP) is 3.52. The molecule has 0 bridgehead atoms. The van der Waals surface area contributed by atoms with Crippen molar-refractivity contribution in [2.24, 2.45) is 0 Å². The Bertz CT molecular complexity index is 96.1. The summed E-state index contributed by atoms with van der Waals surface area (Å²) in [6.45, 7) is 4.27. The van der Waals surface area contributed by atoms with Gasteiger partial charge in [0.25, 0.3) is 7.63 Å². The van der Waals surface area contributed by atoms with Crippen molar-refractivity contribution >= 4 is 18.7 Å². The zero-order valence-corrected chi connectivity index (χ0v) is 9.58. The monoisotopic (exact) mass is 194 g/mol. The molecule has 0 fully saturated rings. The van der Waals surface area contributed by atoms with Crippen LogP contribution in [0.3, 0.4) is 0 Å². The molecule has 1 atom stereocenters. The Morgan fingerprint density at radius 1 is 1.27 bits per heavy atom. The highest BCUT2D eigenvalue weighted by Crippen LogP contribution is 2.19. The zero-order chi connectivity index (χ0) is 8.74. The summed E-state index contributed by atoms with van der Waals surface area (Å²) in [5.74, 6) is 0. The van der Waals surface area contributed by atoms with Gasteiger partial charge in [-0.05, 0) is 12.6 Å². The maximum absolute atomic E-state index is 6.12. The van der Waals surface area contributed by atoms with E-state index in [4.69, 9.17) is 15.5 Å². The summed E-state index contributed by atoms with van der Waals surface area (Å²) in [4.78, 5) is 0. The fraction of sp³-hybridized carbons (Fsp3) is 1.00. The summed E-state index contributed by atoms with van der Waals surface area (Å²) >= 11 is 6.12. The fourth-order valence-electron chi connectivity index (χ4n) is 0.970. The van der Waals surface area contributed by atoms with Crippen LogP contribution < -0.4 is 0 Å². The molecule has 0 N–H and O–H groups in total. The van der Waals surface area contributed by atoms with Gasteiger partial charge in [0.15, 0.2) is 0 Å². The van der Waals surface area contributed by atoms with Gasteiger partial charge in [-0.3, -0.25) is 0 Å². The van der Waals surface area contributed by atoms with Crippen LogP contribution in [0.15, 0.2) is 0 Å². The summed E-state index contributed by atoms with van der Waals surface area (Å²) < 4.78 is 5.22. The quantitative estimate of drug-likeness (QED) is 0.357. The number of hydrogen-bond acceptors (Lipinski definition) is 1. The summed E-state index contributed by atoms with van der Waals surface area (Å²) in [5, 5.41) is 0. The lowest BCUT2D eigenvalue weighted by Crippen LogP contribution is -2.24. The molecule has 0 rings (SSSR count). The molecule has 0 aliphatic carbocycles. The van der Waals surface area contributed by atoms with Crippen LogP contribution in [0.2, 0.25) is 12.6 Å². The van der Waals surface area contributed by atoms with Gasteiger partial charge in [-0.15, -0.1) is 11.1 Å². The lowest BCUT2D eigenvalue weighted by Gasteiger charge is -2.15. The molecule has 0 heterocycles. The largest absolute Gasteiger partial charge is 0.407 e. The number of halogens is 1. The third-order valence-electron chi connectivity index (χ3n) is 1.90. The van der Waals surface area contributed by atoms with Crippen LogP contribution in [0.1, 0.15) is 32.6 Å². The Labute approximate surface area is 75.9 Å². The lowest BCUT2D eigenvalue weighted by molar-refractivity contribution is 0.413. The first-order valence-electron chi connectivity index (χ1n) is 4.36. The van der Waals surface area contributed by atoms with E-state index in [0.717, 1.165) is 6.04 Å². The van der Waals surface area contributed by atoms with E-state index in [-0.39, 0.29) is 0 Å². The van der Waals surface area contributed by atoms with Gasteiger partial charge >= 0.3 is 0 Å². The van der Waals surface area contributed by atoms with Gasteiger partial charge in [-0.1, -0.05) is 32.6 Å². The van der Waals surface area contributed by atoms with E-state index >= 15 is 0 Å². The summed E-state index contributed by atoms with van der Waals surface area (Å²) in [6.07, 6.45) is 5.14.